The first-order valence-corrected chi connectivity index (χ1v) is 6.57. The first-order chi connectivity index (χ1) is 9.06. The Morgan fingerprint density at radius 1 is 1.58 bits per heavy atom. The van der Waals surface area contributed by atoms with Gasteiger partial charge in [0.05, 0.1) is 10.7 Å². The Kier molecular flexibility index (Phi) is 4.31. The van der Waals surface area contributed by atoms with Gasteiger partial charge in [-0.05, 0) is 18.8 Å². The van der Waals surface area contributed by atoms with Gasteiger partial charge in [-0.2, -0.15) is 0 Å². The van der Waals surface area contributed by atoms with Gasteiger partial charge in [-0.15, -0.1) is 0 Å². The van der Waals surface area contributed by atoms with Crippen molar-refractivity contribution in [3.63, 3.8) is 0 Å². The number of nitrogen functional groups attached to an aromatic ring is 1. The Morgan fingerprint density at radius 3 is 2.89 bits per heavy atom. The van der Waals surface area contributed by atoms with Crippen LogP contribution < -0.4 is 11.1 Å². The number of piperidine rings is 1. The number of likely N-dealkylation sites (tertiary alicyclic amines) is 1. The van der Waals surface area contributed by atoms with Crippen LogP contribution in [-0.2, 0) is 0 Å². The fraction of sp³-hybridized carbons (Fsp3) is 0.500. The Morgan fingerprint density at radius 2 is 2.26 bits per heavy atom. The van der Waals surface area contributed by atoms with Gasteiger partial charge in [0.15, 0.2) is 0 Å². The van der Waals surface area contributed by atoms with Gasteiger partial charge in [-0.25, -0.2) is 9.78 Å². The summed E-state index contributed by atoms with van der Waals surface area (Å²) in [4.78, 5) is 16.1. The van der Waals surface area contributed by atoms with Crippen molar-refractivity contribution in [1.29, 1.82) is 0 Å². The molecule has 1 saturated heterocycles. The maximum atomic E-state index is 10.8. The molecular weight excluding hydrogens is 268 g/mol. The summed E-state index contributed by atoms with van der Waals surface area (Å²) in [5, 5.41) is 12.7. The molecule has 1 aromatic rings. The summed E-state index contributed by atoms with van der Waals surface area (Å²) < 4.78 is 0. The quantitative estimate of drug-likeness (QED) is 0.791. The molecule has 0 saturated carbocycles. The molecule has 2 rings (SSSR count). The van der Waals surface area contributed by atoms with Crippen LogP contribution >= 0.6 is 11.6 Å². The van der Waals surface area contributed by atoms with E-state index in [2.05, 4.69) is 10.3 Å². The summed E-state index contributed by atoms with van der Waals surface area (Å²) in [6.07, 6.45) is 2.40. The zero-order chi connectivity index (χ0) is 13.8. The molecule has 19 heavy (non-hydrogen) atoms. The molecule has 0 atom stereocenters. The zero-order valence-corrected chi connectivity index (χ0v) is 11.2. The van der Waals surface area contributed by atoms with Gasteiger partial charge in [0.1, 0.15) is 5.82 Å². The predicted molar refractivity (Wildman–Crippen MR) is 74.5 cm³/mol. The number of nitrogens with two attached hydrogens (primary N) is 1. The van der Waals surface area contributed by atoms with Gasteiger partial charge < -0.3 is 21.1 Å². The number of nitrogens with one attached hydrogen (secondary N) is 1. The maximum absolute atomic E-state index is 10.8. The third-order valence-corrected chi connectivity index (χ3v) is 3.64. The molecule has 1 fully saturated rings. The summed E-state index contributed by atoms with van der Waals surface area (Å²) in [5.74, 6) is 0.869. The summed E-state index contributed by atoms with van der Waals surface area (Å²) in [6, 6.07) is 1.70. The lowest BCUT2D eigenvalue weighted by Gasteiger charge is -2.30. The Hall–Kier alpha value is -1.69. The number of anilines is 2. The minimum absolute atomic E-state index is 0.424. The lowest BCUT2D eigenvalue weighted by molar-refractivity contribution is 0.126. The third-order valence-electron chi connectivity index (χ3n) is 3.34. The molecular formula is C12H17ClN4O2. The number of amides is 1. The number of aromatic nitrogens is 1. The fourth-order valence-corrected chi connectivity index (χ4v) is 2.34. The van der Waals surface area contributed by atoms with Crippen molar-refractivity contribution < 1.29 is 9.90 Å². The molecule has 1 aliphatic heterocycles. The molecule has 0 aliphatic carbocycles. The van der Waals surface area contributed by atoms with E-state index in [1.54, 1.807) is 6.07 Å². The van der Waals surface area contributed by atoms with Crippen LogP contribution in [-0.4, -0.2) is 40.7 Å². The maximum Gasteiger partial charge on any atom is 0.407 e. The normalized spacial score (nSPS) is 16.4. The number of rotatable bonds is 3. The topological polar surface area (TPSA) is 91.5 Å². The highest BCUT2D eigenvalue weighted by molar-refractivity contribution is 6.33. The van der Waals surface area contributed by atoms with E-state index in [-0.39, 0.29) is 0 Å². The second kappa shape index (κ2) is 5.97. The van der Waals surface area contributed by atoms with E-state index in [0.717, 1.165) is 25.1 Å². The Labute approximate surface area is 116 Å². The molecule has 6 nitrogen and oxygen atoms in total. The standard InChI is InChI=1S/C12H17ClN4O2/c13-9-7-16-11(14)5-10(9)15-6-8-1-3-17(4-2-8)12(18)19/h5,7-8H,1-4,6H2,(H,18,19)(H3,14,15,16). The van der Waals surface area contributed by atoms with Gasteiger partial charge in [0, 0.05) is 31.9 Å². The van der Waals surface area contributed by atoms with Gasteiger partial charge in [-0.3, -0.25) is 0 Å². The molecule has 104 valence electrons. The van der Waals surface area contributed by atoms with Crippen LogP contribution in [0.1, 0.15) is 12.8 Å². The highest BCUT2D eigenvalue weighted by Gasteiger charge is 2.22. The number of nitrogens with zero attached hydrogens (tertiary/aromatic N) is 2. The van der Waals surface area contributed by atoms with Crippen molar-refractivity contribution in [2.24, 2.45) is 5.92 Å². The molecule has 0 bridgehead atoms. The Bertz CT molecular complexity index is 461. The second-order valence-electron chi connectivity index (χ2n) is 4.68. The minimum atomic E-state index is -0.837. The van der Waals surface area contributed by atoms with E-state index in [1.807, 2.05) is 0 Å². The molecule has 1 aromatic heterocycles. The van der Waals surface area contributed by atoms with Crippen LogP contribution in [0.25, 0.3) is 0 Å². The smallest absolute Gasteiger partial charge is 0.407 e. The minimum Gasteiger partial charge on any atom is -0.465 e. The lowest BCUT2D eigenvalue weighted by Crippen LogP contribution is -2.39. The second-order valence-corrected chi connectivity index (χ2v) is 5.09. The highest BCUT2D eigenvalue weighted by Crippen LogP contribution is 2.24. The van der Waals surface area contributed by atoms with Crippen LogP contribution in [0, 0.1) is 5.92 Å². The van der Waals surface area contributed by atoms with Crippen LogP contribution in [0.4, 0.5) is 16.3 Å². The predicted octanol–water partition coefficient (Wildman–Crippen LogP) is 2.12. The number of halogens is 1. The van der Waals surface area contributed by atoms with Crippen molar-refractivity contribution in [3.05, 3.63) is 17.3 Å². The van der Waals surface area contributed by atoms with Gasteiger partial charge in [-0.1, -0.05) is 11.6 Å². The molecule has 7 heteroatoms. The molecule has 0 spiro atoms. The fourth-order valence-electron chi connectivity index (χ4n) is 2.17. The van der Waals surface area contributed by atoms with Crippen molar-refractivity contribution in [1.82, 2.24) is 9.88 Å². The number of hydrogen-bond acceptors (Lipinski definition) is 4. The molecule has 1 aliphatic rings. The summed E-state index contributed by atoms with van der Waals surface area (Å²) in [6.45, 7) is 1.94. The molecule has 0 radical (unpaired) electrons. The first-order valence-electron chi connectivity index (χ1n) is 6.19. The van der Waals surface area contributed by atoms with E-state index < -0.39 is 6.09 Å². The largest absolute Gasteiger partial charge is 0.465 e. The average molecular weight is 285 g/mol. The van der Waals surface area contributed by atoms with Gasteiger partial charge >= 0.3 is 6.09 Å². The van der Waals surface area contributed by atoms with Crippen LogP contribution in [0.3, 0.4) is 0 Å². The monoisotopic (exact) mass is 284 g/mol. The number of hydrogen-bond donors (Lipinski definition) is 3. The molecule has 0 unspecified atom stereocenters. The van der Waals surface area contributed by atoms with E-state index in [0.29, 0.717) is 29.8 Å². The molecule has 4 N–H and O–H groups in total. The summed E-state index contributed by atoms with van der Waals surface area (Å²) >= 11 is 6.01. The van der Waals surface area contributed by atoms with Crippen molar-refractivity contribution in [2.75, 3.05) is 30.7 Å². The average Bonchev–Trinajstić information content (AvgIpc) is 2.40. The summed E-state index contributed by atoms with van der Waals surface area (Å²) in [7, 11) is 0. The van der Waals surface area contributed by atoms with E-state index >= 15 is 0 Å². The van der Waals surface area contributed by atoms with Crippen molar-refractivity contribution >= 4 is 29.2 Å². The molecule has 1 amide bonds. The Balaban J connectivity index is 1.83. The van der Waals surface area contributed by atoms with E-state index in [4.69, 9.17) is 22.4 Å². The number of pyridine rings is 1. The van der Waals surface area contributed by atoms with Crippen LogP contribution in [0.2, 0.25) is 5.02 Å². The van der Waals surface area contributed by atoms with Gasteiger partial charge in [0.2, 0.25) is 0 Å². The molecule has 0 aromatic carbocycles. The summed E-state index contributed by atoms with van der Waals surface area (Å²) in [5.41, 5.74) is 6.38. The zero-order valence-electron chi connectivity index (χ0n) is 10.5. The first kappa shape index (κ1) is 13.7. The number of carboxylic acid groups (broad SMARTS) is 1. The number of carbonyl (C=O) groups is 1. The van der Waals surface area contributed by atoms with Gasteiger partial charge in [0.25, 0.3) is 0 Å². The SMILES string of the molecule is Nc1cc(NCC2CCN(C(=O)O)CC2)c(Cl)cn1. The van der Waals surface area contributed by atoms with Crippen molar-refractivity contribution in [3.8, 4) is 0 Å². The van der Waals surface area contributed by atoms with Crippen molar-refractivity contribution in [2.45, 2.75) is 12.8 Å². The van der Waals surface area contributed by atoms with E-state index in [9.17, 15) is 4.79 Å². The third kappa shape index (κ3) is 3.64. The highest BCUT2D eigenvalue weighted by atomic mass is 35.5. The lowest BCUT2D eigenvalue weighted by atomic mass is 9.97. The van der Waals surface area contributed by atoms with Crippen LogP contribution in [0.15, 0.2) is 12.3 Å². The van der Waals surface area contributed by atoms with E-state index in [1.165, 1.54) is 11.1 Å². The van der Waals surface area contributed by atoms with Crippen LogP contribution in [0.5, 0.6) is 0 Å². The molecule has 2 heterocycles.